The molecule has 0 unspecified atom stereocenters. The molecule has 0 radical (unpaired) electrons. The van der Waals surface area contributed by atoms with Gasteiger partial charge < -0.3 is 14.4 Å². The van der Waals surface area contributed by atoms with Crippen LogP contribution in [0, 0.1) is 0 Å². The molecule has 0 saturated carbocycles. The van der Waals surface area contributed by atoms with E-state index in [9.17, 15) is 0 Å². The average Bonchev–Trinajstić information content (AvgIpc) is 2.63. The lowest BCUT2D eigenvalue weighted by atomic mass is 10.4. The Bertz CT molecular complexity index is 113. The van der Waals surface area contributed by atoms with Crippen LogP contribution in [0.5, 0.6) is 0 Å². The Kier molecular flexibility index (Phi) is 6.15. The fourth-order valence-electron chi connectivity index (χ4n) is 1.61. The maximum absolute atomic E-state index is 5.48. The summed E-state index contributed by atoms with van der Waals surface area (Å²) in [6.45, 7) is 6.16. The van der Waals surface area contributed by atoms with E-state index in [1.165, 1.54) is 25.9 Å². The predicted molar refractivity (Wildman–Crippen MR) is 53.0 cm³/mol. The van der Waals surface area contributed by atoms with E-state index in [-0.39, 0.29) is 0 Å². The summed E-state index contributed by atoms with van der Waals surface area (Å²) in [4.78, 5) is 2.47. The summed E-state index contributed by atoms with van der Waals surface area (Å²) in [5, 5.41) is 0. The van der Waals surface area contributed by atoms with Gasteiger partial charge in [-0.05, 0) is 32.4 Å². The molecule has 13 heavy (non-hydrogen) atoms. The summed E-state index contributed by atoms with van der Waals surface area (Å²) < 4.78 is 10.4. The standard InChI is InChI=1S/C10H21NO2/c1-12-8-4-9-13-10-7-11-5-2-3-6-11/h2-10H2,1H3. The smallest absolute Gasteiger partial charge is 0.0593 e. The van der Waals surface area contributed by atoms with Gasteiger partial charge in [-0.15, -0.1) is 0 Å². The van der Waals surface area contributed by atoms with Crippen molar-refractivity contribution in [1.29, 1.82) is 0 Å². The van der Waals surface area contributed by atoms with Crippen LogP contribution in [0.15, 0.2) is 0 Å². The Morgan fingerprint density at radius 1 is 1.08 bits per heavy atom. The van der Waals surface area contributed by atoms with Crippen molar-refractivity contribution < 1.29 is 9.47 Å². The van der Waals surface area contributed by atoms with Gasteiger partial charge in [-0.3, -0.25) is 0 Å². The van der Waals surface area contributed by atoms with Crippen molar-refractivity contribution >= 4 is 0 Å². The van der Waals surface area contributed by atoms with E-state index in [0.717, 1.165) is 32.8 Å². The van der Waals surface area contributed by atoms with Gasteiger partial charge in [-0.25, -0.2) is 0 Å². The maximum Gasteiger partial charge on any atom is 0.0593 e. The molecule has 0 aromatic carbocycles. The SMILES string of the molecule is COCCCOCCN1CCCC1. The molecule has 3 nitrogen and oxygen atoms in total. The zero-order valence-corrected chi connectivity index (χ0v) is 8.63. The largest absolute Gasteiger partial charge is 0.385 e. The Balaban J connectivity index is 1.78. The average molecular weight is 187 g/mol. The number of hydrogen-bond acceptors (Lipinski definition) is 3. The van der Waals surface area contributed by atoms with Gasteiger partial charge >= 0.3 is 0 Å². The van der Waals surface area contributed by atoms with Crippen LogP contribution in [0.25, 0.3) is 0 Å². The second-order valence-electron chi connectivity index (χ2n) is 3.51. The van der Waals surface area contributed by atoms with E-state index in [1.54, 1.807) is 7.11 Å². The van der Waals surface area contributed by atoms with Gasteiger partial charge in [-0.2, -0.15) is 0 Å². The van der Waals surface area contributed by atoms with Gasteiger partial charge in [0.05, 0.1) is 6.61 Å². The number of hydrogen-bond donors (Lipinski definition) is 0. The van der Waals surface area contributed by atoms with Crippen LogP contribution in [0.2, 0.25) is 0 Å². The second kappa shape index (κ2) is 7.30. The van der Waals surface area contributed by atoms with Crippen molar-refractivity contribution in [3.8, 4) is 0 Å². The summed E-state index contributed by atoms with van der Waals surface area (Å²) >= 11 is 0. The molecule has 1 aliphatic rings. The van der Waals surface area contributed by atoms with E-state index in [4.69, 9.17) is 9.47 Å². The molecule has 78 valence electrons. The molecular weight excluding hydrogens is 166 g/mol. The Labute approximate surface area is 81.0 Å². The molecule has 0 aromatic heterocycles. The van der Waals surface area contributed by atoms with Crippen LogP contribution in [0.3, 0.4) is 0 Å². The molecule has 1 aliphatic heterocycles. The first-order chi connectivity index (χ1) is 6.43. The van der Waals surface area contributed by atoms with E-state index >= 15 is 0 Å². The number of likely N-dealkylation sites (tertiary alicyclic amines) is 1. The van der Waals surface area contributed by atoms with Crippen molar-refractivity contribution in [2.24, 2.45) is 0 Å². The first-order valence-electron chi connectivity index (χ1n) is 5.22. The number of nitrogens with zero attached hydrogens (tertiary/aromatic N) is 1. The van der Waals surface area contributed by atoms with Gasteiger partial charge in [0, 0.05) is 26.9 Å². The van der Waals surface area contributed by atoms with Gasteiger partial charge in [0.25, 0.3) is 0 Å². The van der Waals surface area contributed by atoms with Crippen molar-refractivity contribution in [3.05, 3.63) is 0 Å². The highest BCUT2D eigenvalue weighted by atomic mass is 16.5. The summed E-state index contributed by atoms with van der Waals surface area (Å²) in [6, 6.07) is 0. The van der Waals surface area contributed by atoms with Crippen LogP contribution < -0.4 is 0 Å². The van der Waals surface area contributed by atoms with Crippen molar-refractivity contribution in [2.75, 3.05) is 46.6 Å². The fourth-order valence-corrected chi connectivity index (χ4v) is 1.61. The van der Waals surface area contributed by atoms with Crippen LogP contribution in [0.4, 0.5) is 0 Å². The quantitative estimate of drug-likeness (QED) is 0.558. The molecule has 1 fully saturated rings. The third-order valence-corrected chi connectivity index (χ3v) is 2.39. The first-order valence-corrected chi connectivity index (χ1v) is 5.22. The topological polar surface area (TPSA) is 21.7 Å². The molecule has 0 amide bonds. The van der Waals surface area contributed by atoms with E-state index in [2.05, 4.69) is 4.90 Å². The molecule has 1 rings (SSSR count). The lowest BCUT2D eigenvalue weighted by Gasteiger charge is -2.13. The molecule has 0 bridgehead atoms. The summed E-state index contributed by atoms with van der Waals surface area (Å²) in [5.74, 6) is 0. The highest BCUT2D eigenvalue weighted by Crippen LogP contribution is 2.05. The third kappa shape index (κ3) is 5.24. The Morgan fingerprint density at radius 3 is 2.54 bits per heavy atom. The number of methoxy groups -OCH3 is 1. The van der Waals surface area contributed by atoms with Crippen molar-refractivity contribution in [1.82, 2.24) is 4.90 Å². The molecule has 1 saturated heterocycles. The highest BCUT2D eigenvalue weighted by molar-refractivity contribution is 4.64. The Morgan fingerprint density at radius 2 is 1.85 bits per heavy atom. The molecular formula is C10H21NO2. The molecule has 0 aromatic rings. The normalized spacial score (nSPS) is 18.2. The Hall–Kier alpha value is -0.120. The highest BCUT2D eigenvalue weighted by Gasteiger charge is 2.09. The van der Waals surface area contributed by atoms with Crippen LogP contribution >= 0.6 is 0 Å². The zero-order valence-electron chi connectivity index (χ0n) is 8.63. The molecule has 3 heteroatoms. The molecule has 0 spiro atoms. The van der Waals surface area contributed by atoms with Crippen LogP contribution in [-0.2, 0) is 9.47 Å². The lowest BCUT2D eigenvalue weighted by molar-refractivity contribution is 0.0885. The van der Waals surface area contributed by atoms with Crippen molar-refractivity contribution in [2.45, 2.75) is 19.3 Å². The lowest BCUT2D eigenvalue weighted by Crippen LogP contribution is -2.24. The van der Waals surface area contributed by atoms with Gasteiger partial charge in [-0.1, -0.05) is 0 Å². The van der Waals surface area contributed by atoms with Crippen LogP contribution in [0.1, 0.15) is 19.3 Å². The molecule has 1 heterocycles. The maximum atomic E-state index is 5.48. The van der Waals surface area contributed by atoms with E-state index in [1.807, 2.05) is 0 Å². The minimum Gasteiger partial charge on any atom is -0.385 e. The summed E-state index contributed by atoms with van der Waals surface area (Å²) in [7, 11) is 1.73. The predicted octanol–water partition coefficient (Wildman–Crippen LogP) is 1.14. The first kappa shape index (κ1) is 11.0. The molecule has 0 atom stereocenters. The van der Waals surface area contributed by atoms with E-state index < -0.39 is 0 Å². The van der Waals surface area contributed by atoms with E-state index in [0.29, 0.717) is 0 Å². The minimum absolute atomic E-state index is 0.809. The number of rotatable bonds is 7. The van der Waals surface area contributed by atoms with Crippen LogP contribution in [-0.4, -0.2) is 51.5 Å². The van der Waals surface area contributed by atoms with Crippen molar-refractivity contribution in [3.63, 3.8) is 0 Å². The van der Waals surface area contributed by atoms with Gasteiger partial charge in [0.1, 0.15) is 0 Å². The van der Waals surface area contributed by atoms with Gasteiger partial charge in [0.2, 0.25) is 0 Å². The number of ether oxygens (including phenoxy) is 2. The third-order valence-electron chi connectivity index (χ3n) is 2.39. The second-order valence-corrected chi connectivity index (χ2v) is 3.51. The monoisotopic (exact) mass is 187 g/mol. The fraction of sp³-hybridized carbons (Fsp3) is 1.00. The summed E-state index contributed by atoms with van der Waals surface area (Å²) in [5.41, 5.74) is 0. The van der Waals surface area contributed by atoms with Gasteiger partial charge in [0.15, 0.2) is 0 Å². The zero-order chi connectivity index (χ0) is 9.36. The minimum atomic E-state index is 0.809. The molecule has 0 aliphatic carbocycles. The molecule has 0 N–H and O–H groups in total. The summed E-state index contributed by atoms with van der Waals surface area (Å²) in [6.07, 6.45) is 3.74.